The van der Waals surface area contributed by atoms with Crippen LogP contribution >= 0.6 is 12.4 Å². The van der Waals surface area contributed by atoms with E-state index in [0.29, 0.717) is 6.04 Å². The summed E-state index contributed by atoms with van der Waals surface area (Å²) in [6.07, 6.45) is 6.58. The Kier molecular flexibility index (Phi) is 8.54. The van der Waals surface area contributed by atoms with Gasteiger partial charge in [0.05, 0.1) is 0 Å². The van der Waals surface area contributed by atoms with E-state index in [1.54, 1.807) is 0 Å². The minimum Gasteiger partial charge on any atom is -0.315 e. The van der Waals surface area contributed by atoms with Gasteiger partial charge in [-0.05, 0) is 62.9 Å². The van der Waals surface area contributed by atoms with Crippen molar-refractivity contribution in [2.24, 2.45) is 0 Å². The number of halogens is 1. The highest BCUT2D eigenvalue weighted by atomic mass is 35.5. The molecular weight excluding hydrogens is 318 g/mol. The number of nitrogens with zero attached hydrogens (tertiary/aromatic N) is 2. The van der Waals surface area contributed by atoms with Gasteiger partial charge in [-0.2, -0.15) is 0 Å². The summed E-state index contributed by atoms with van der Waals surface area (Å²) in [5.74, 6) is 0. The van der Waals surface area contributed by atoms with E-state index in [-0.39, 0.29) is 12.4 Å². The Bertz CT molecular complexity index is 450. The number of likely N-dealkylation sites (tertiary alicyclic amines) is 1. The molecule has 136 valence electrons. The quantitative estimate of drug-likeness (QED) is 0.813. The van der Waals surface area contributed by atoms with E-state index in [2.05, 4.69) is 46.3 Å². The average Bonchev–Trinajstić information content (AvgIpc) is 3.13. The topological polar surface area (TPSA) is 18.5 Å². The Balaban J connectivity index is 0.00000208. The highest BCUT2D eigenvalue weighted by Gasteiger charge is 2.22. The van der Waals surface area contributed by atoms with Crippen LogP contribution in [0.5, 0.6) is 0 Å². The molecule has 1 N–H and O–H groups in total. The predicted molar refractivity (Wildman–Crippen MR) is 105 cm³/mol. The second-order valence-corrected chi connectivity index (χ2v) is 7.19. The molecule has 3 rings (SSSR count). The highest BCUT2D eigenvalue weighted by molar-refractivity contribution is 5.85. The third-order valence-electron chi connectivity index (χ3n) is 5.51. The Morgan fingerprint density at radius 3 is 2.42 bits per heavy atom. The zero-order chi connectivity index (χ0) is 15.9. The fourth-order valence-electron chi connectivity index (χ4n) is 3.93. The number of hydrogen-bond acceptors (Lipinski definition) is 3. The molecule has 0 aliphatic carbocycles. The summed E-state index contributed by atoms with van der Waals surface area (Å²) < 4.78 is 0. The molecule has 2 fully saturated rings. The maximum absolute atomic E-state index is 3.59. The molecule has 0 amide bonds. The minimum absolute atomic E-state index is 0. The van der Waals surface area contributed by atoms with Crippen LogP contribution in [0.1, 0.15) is 43.7 Å². The van der Waals surface area contributed by atoms with Gasteiger partial charge in [-0.25, -0.2) is 0 Å². The maximum atomic E-state index is 3.59. The molecule has 1 atom stereocenters. The highest BCUT2D eigenvalue weighted by Crippen LogP contribution is 2.16. The Morgan fingerprint density at radius 1 is 1.08 bits per heavy atom. The molecule has 2 heterocycles. The van der Waals surface area contributed by atoms with E-state index in [9.17, 15) is 0 Å². The van der Waals surface area contributed by atoms with Crippen LogP contribution in [-0.2, 0) is 13.0 Å². The lowest BCUT2D eigenvalue weighted by molar-refractivity contribution is 0.139. The van der Waals surface area contributed by atoms with E-state index in [1.807, 2.05) is 0 Å². The van der Waals surface area contributed by atoms with Gasteiger partial charge >= 0.3 is 0 Å². The summed E-state index contributed by atoms with van der Waals surface area (Å²) in [4.78, 5) is 5.37. The first-order valence-electron chi connectivity index (χ1n) is 9.60. The molecule has 0 radical (unpaired) electrons. The molecule has 1 aromatic carbocycles. The first-order valence-corrected chi connectivity index (χ1v) is 9.60. The summed E-state index contributed by atoms with van der Waals surface area (Å²) in [5, 5.41) is 3.59. The van der Waals surface area contributed by atoms with E-state index in [1.165, 1.54) is 69.5 Å². The molecule has 0 aromatic heterocycles. The first kappa shape index (κ1) is 19.7. The number of benzene rings is 1. The molecule has 3 nitrogen and oxygen atoms in total. The third-order valence-corrected chi connectivity index (χ3v) is 5.51. The monoisotopic (exact) mass is 351 g/mol. The van der Waals surface area contributed by atoms with Crippen molar-refractivity contribution in [3.8, 4) is 0 Å². The largest absolute Gasteiger partial charge is 0.315 e. The normalized spacial score (nSPS) is 21.8. The van der Waals surface area contributed by atoms with Gasteiger partial charge in [-0.15, -0.1) is 12.4 Å². The fraction of sp³-hybridized carbons (Fsp3) is 0.700. The number of piperidine rings is 1. The summed E-state index contributed by atoms with van der Waals surface area (Å²) >= 11 is 0. The third kappa shape index (κ3) is 5.73. The first-order chi connectivity index (χ1) is 11.3. The van der Waals surface area contributed by atoms with Crippen molar-refractivity contribution in [2.45, 2.75) is 51.6 Å². The van der Waals surface area contributed by atoms with Crippen LogP contribution in [0.2, 0.25) is 0 Å². The smallest absolute Gasteiger partial charge is 0.0237 e. The van der Waals surface area contributed by atoms with Gasteiger partial charge in [0.15, 0.2) is 0 Å². The summed E-state index contributed by atoms with van der Waals surface area (Å²) in [7, 11) is 0. The standard InChI is InChI=1S/C20H33N3.ClH/c1-2-18-7-9-19(10-8-18)17-23(20-6-5-11-21-16-20)15-14-22-12-3-4-13-22;/h7-10,20-21H,2-6,11-17H2,1H3;1H. The van der Waals surface area contributed by atoms with Crippen molar-refractivity contribution in [3.63, 3.8) is 0 Å². The van der Waals surface area contributed by atoms with Crippen molar-refractivity contribution in [1.82, 2.24) is 15.1 Å². The van der Waals surface area contributed by atoms with Crippen LogP contribution in [0.3, 0.4) is 0 Å². The van der Waals surface area contributed by atoms with Crippen molar-refractivity contribution in [1.29, 1.82) is 0 Å². The zero-order valence-corrected chi connectivity index (χ0v) is 16.0. The molecule has 24 heavy (non-hydrogen) atoms. The van der Waals surface area contributed by atoms with Gasteiger partial charge in [-0.3, -0.25) is 4.90 Å². The number of hydrogen-bond donors (Lipinski definition) is 1. The van der Waals surface area contributed by atoms with Crippen molar-refractivity contribution in [2.75, 3.05) is 39.3 Å². The van der Waals surface area contributed by atoms with Gasteiger partial charge < -0.3 is 10.2 Å². The lowest BCUT2D eigenvalue weighted by Crippen LogP contribution is -2.47. The van der Waals surface area contributed by atoms with Gasteiger partial charge in [0.1, 0.15) is 0 Å². The second kappa shape index (κ2) is 10.4. The fourth-order valence-corrected chi connectivity index (χ4v) is 3.93. The summed E-state index contributed by atoms with van der Waals surface area (Å²) in [6, 6.07) is 9.97. The number of aryl methyl sites for hydroxylation is 1. The summed E-state index contributed by atoms with van der Waals surface area (Å²) in [6.45, 7) is 10.7. The van der Waals surface area contributed by atoms with Crippen LogP contribution in [0.15, 0.2) is 24.3 Å². The number of rotatable bonds is 7. The SMILES string of the molecule is CCc1ccc(CN(CCN2CCCC2)C2CCCNC2)cc1.Cl. The molecule has 0 bridgehead atoms. The molecule has 0 spiro atoms. The molecule has 2 aliphatic heterocycles. The molecule has 4 heteroatoms. The molecular formula is C20H34ClN3. The zero-order valence-electron chi connectivity index (χ0n) is 15.2. The van der Waals surface area contributed by atoms with E-state index >= 15 is 0 Å². The molecule has 1 aromatic rings. The van der Waals surface area contributed by atoms with Crippen LogP contribution in [0.4, 0.5) is 0 Å². The molecule has 2 aliphatic rings. The van der Waals surface area contributed by atoms with Gasteiger partial charge in [-0.1, -0.05) is 31.2 Å². The Hall–Kier alpha value is -0.610. The minimum atomic E-state index is 0. The molecule has 2 saturated heterocycles. The van der Waals surface area contributed by atoms with E-state index in [0.717, 1.165) is 19.5 Å². The van der Waals surface area contributed by atoms with Crippen LogP contribution < -0.4 is 5.32 Å². The maximum Gasteiger partial charge on any atom is 0.0237 e. The predicted octanol–water partition coefficient (Wildman–Crippen LogP) is 3.32. The van der Waals surface area contributed by atoms with Gasteiger partial charge in [0.25, 0.3) is 0 Å². The van der Waals surface area contributed by atoms with E-state index in [4.69, 9.17) is 0 Å². The second-order valence-electron chi connectivity index (χ2n) is 7.19. The van der Waals surface area contributed by atoms with Gasteiger partial charge in [0, 0.05) is 32.2 Å². The van der Waals surface area contributed by atoms with Crippen LogP contribution in [0.25, 0.3) is 0 Å². The lowest BCUT2D eigenvalue weighted by Gasteiger charge is -2.35. The Morgan fingerprint density at radius 2 is 1.79 bits per heavy atom. The average molecular weight is 352 g/mol. The lowest BCUT2D eigenvalue weighted by atomic mass is 10.0. The van der Waals surface area contributed by atoms with Crippen LogP contribution in [0, 0.1) is 0 Å². The van der Waals surface area contributed by atoms with Crippen LogP contribution in [-0.4, -0.2) is 55.1 Å². The number of nitrogens with one attached hydrogen (secondary N) is 1. The molecule has 0 saturated carbocycles. The van der Waals surface area contributed by atoms with Crippen molar-refractivity contribution < 1.29 is 0 Å². The Labute approximate surface area is 154 Å². The summed E-state index contributed by atoms with van der Waals surface area (Å²) in [5.41, 5.74) is 2.91. The molecule has 1 unspecified atom stereocenters. The van der Waals surface area contributed by atoms with Gasteiger partial charge in [0.2, 0.25) is 0 Å². The van der Waals surface area contributed by atoms with E-state index < -0.39 is 0 Å². The van der Waals surface area contributed by atoms with Crippen molar-refractivity contribution in [3.05, 3.63) is 35.4 Å². The van der Waals surface area contributed by atoms with Crippen molar-refractivity contribution >= 4 is 12.4 Å².